The second-order valence-corrected chi connectivity index (χ2v) is 5.39. The molecule has 2 atom stereocenters. The van der Waals surface area contributed by atoms with Crippen LogP contribution in [0.5, 0.6) is 0 Å². The van der Waals surface area contributed by atoms with Gasteiger partial charge in [0.2, 0.25) is 5.89 Å². The standard InChI is InChI=1S/C15H22N4O/c1-10(2)14(11(3)16-4)15-18-13(19-20-15)9-12-7-5-6-8-17-12/h5-8,10-11,14,16H,9H2,1-4H3. The summed E-state index contributed by atoms with van der Waals surface area (Å²) in [6.45, 7) is 6.47. The molecule has 2 aromatic heterocycles. The molecule has 0 aliphatic carbocycles. The van der Waals surface area contributed by atoms with Gasteiger partial charge in [-0.15, -0.1) is 0 Å². The van der Waals surface area contributed by atoms with Crippen LogP contribution in [0.1, 0.15) is 44.1 Å². The Morgan fingerprint density at radius 1 is 1.25 bits per heavy atom. The average molecular weight is 274 g/mol. The van der Waals surface area contributed by atoms with Crippen LogP contribution in [0.15, 0.2) is 28.9 Å². The largest absolute Gasteiger partial charge is 0.339 e. The fraction of sp³-hybridized carbons (Fsp3) is 0.533. The number of hydrogen-bond acceptors (Lipinski definition) is 5. The molecule has 108 valence electrons. The number of nitrogens with zero attached hydrogens (tertiary/aromatic N) is 3. The third-order valence-electron chi connectivity index (χ3n) is 3.55. The van der Waals surface area contributed by atoms with Crippen molar-refractivity contribution in [3.8, 4) is 0 Å². The average Bonchev–Trinajstić information content (AvgIpc) is 2.87. The Kier molecular flexibility index (Phi) is 4.84. The second-order valence-electron chi connectivity index (χ2n) is 5.39. The Balaban J connectivity index is 2.15. The molecule has 5 heteroatoms. The smallest absolute Gasteiger partial charge is 0.231 e. The molecule has 2 aromatic rings. The highest BCUT2D eigenvalue weighted by Crippen LogP contribution is 2.26. The summed E-state index contributed by atoms with van der Waals surface area (Å²) in [5.74, 6) is 2.03. The van der Waals surface area contributed by atoms with Crippen molar-refractivity contribution in [1.82, 2.24) is 20.4 Å². The Bertz CT molecular complexity index is 524. The molecule has 0 spiro atoms. The van der Waals surface area contributed by atoms with E-state index in [9.17, 15) is 0 Å². The molecule has 0 aliphatic rings. The first-order chi connectivity index (χ1) is 9.61. The molecular weight excluding hydrogens is 252 g/mol. The molecular formula is C15H22N4O. The van der Waals surface area contributed by atoms with Gasteiger partial charge >= 0.3 is 0 Å². The monoisotopic (exact) mass is 274 g/mol. The highest BCUT2D eigenvalue weighted by Gasteiger charge is 2.27. The quantitative estimate of drug-likeness (QED) is 0.876. The van der Waals surface area contributed by atoms with E-state index < -0.39 is 0 Å². The lowest BCUT2D eigenvalue weighted by molar-refractivity contribution is 0.284. The molecule has 0 amide bonds. The highest BCUT2D eigenvalue weighted by atomic mass is 16.5. The summed E-state index contributed by atoms with van der Waals surface area (Å²) < 4.78 is 5.45. The first-order valence-electron chi connectivity index (χ1n) is 7.01. The van der Waals surface area contributed by atoms with E-state index in [0.29, 0.717) is 24.1 Å². The number of likely N-dealkylation sites (N-methyl/N-ethyl adjacent to an activating group) is 1. The van der Waals surface area contributed by atoms with Crippen LogP contribution in [-0.4, -0.2) is 28.2 Å². The zero-order chi connectivity index (χ0) is 14.5. The van der Waals surface area contributed by atoms with Gasteiger partial charge in [-0.05, 0) is 32.0 Å². The predicted octanol–water partition coefficient (Wildman–Crippen LogP) is 2.40. The van der Waals surface area contributed by atoms with Gasteiger partial charge in [-0.2, -0.15) is 4.98 Å². The minimum atomic E-state index is 0.213. The van der Waals surface area contributed by atoms with Crippen molar-refractivity contribution in [3.05, 3.63) is 41.8 Å². The van der Waals surface area contributed by atoms with Gasteiger partial charge in [-0.3, -0.25) is 4.98 Å². The fourth-order valence-electron chi connectivity index (χ4n) is 2.40. The lowest BCUT2D eigenvalue weighted by Crippen LogP contribution is -2.32. The van der Waals surface area contributed by atoms with Crippen molar-refractivity contribution in [2.75, 3.05) is 7.05 Å². The van der Waals surface area contributed by atoms with Crippen molar-refractivity contribution in [2.24, 2.45) is 5.92 Å². The molecule has 2 heterocycles. The SMILES string of the molecule is CNC(C)C(c1nc(Cc2ccccn2)no1)C(C)C. The summed E-state index contributed by atoms with van der Waals surface area (Å²) in [6.07, 6.45) is 2.37. The van der Waals surface area contributed by atoms with E-state index in [1.807, 2.05) is 25.2 Å². The maximum absolute atomic E-state index is 5.45. The first kappa shape index (κ1) is 14.7. The van der Waals surface area contributed by atoms with Gasteiger partial charge in [0, 0.05) is 17.9 Å². The number of rotatable bonds is 6. The molecule has 0 aromatic carbocycles. The molecule has 20 heavy (non-hydrogen) atoms. The lowest BCUT2D eigenvalue weighted by atomic mass is 9.89. The van der Waals surface area contributed by atoms with Gasteiger partial charge in [0.05, 0.1) is 12.3 Å². The maximum Gasteiger partial charge on any atom is 0.231 e. The van der Waals surface area contributed by atoms with Crippen LogP contribution >= 0.6 is 0 Å². The molecule has 2 rings (SSSR count). The summed E-state index contributed by atoms with van der Waals surface area (Å²) in [4.78, 5) is 8.82. The molecule has 0 radical (unpaired) electrons. The summed E-state index contributed by atoms with van der Waals surface area (Å²) >= 11 is 0. The van der Waals surface area contributed by atoms with E-state index in [1.165, 1.54) is 0 Å². The van der Waals surface area contributed by atoms with Gasteiger partial charge in [0.25, 0.3) is 0 Å². The Hall–Kier alpha value is -1.75. The van der Waals surface area contributed by atoms with Gasteiger partial charge in [-0.25, -0.2) is 0 Å². The van der Waals surface area contributed by atoms with Crippen molar-refractivity contribution >= 4 is 0 Å². The number of nitrogens with one attached hydrogen (secondary N) is 1. The van der Waals surface area contributed by atoms with E-state index in [4.69, 9.17) is 4.52 Å². The number of aromatic nitrogens is 3. The predicted molar refractivity (Wildman–Crippen MR) is 77.4 cm³/mol. The van der Waals surface area contributed by atoms with Crippen LogP contribution in [0, 0.1) is 5.92 Å². The van der Waals surface area contributed by atoms with Crippen molar-refractivity contribution in [2.45, 2.75) is 39.2 Å². The topological polar surface area (TPSA) is 63.8 Å². The zero-order valence-electron chi connectivity index (χ0n) is 12.5. The molecule has 0 fully saturated rings. The zero-order valence-corrected chi connectivity index (χ0v) is 12.5. The summed E-state index contributed by atoms with van der Waals surface area (Å²) in [5.41, 5.74) is 0.947. The molecule has 5 nitrogen and oxygen atoms in total. The number of hydrogen-bond donors (Lipinski definition) is 1. The lowest BCUT2D eigenvalue weighted by Gasteiger charge is -2.23. The minimum absolute atomic E-state index is 0.213. The van der Waals surface area contributed by atoms with Gasteiger partial charge in [-0.1, -0.05) is 25.1 Å². The minimum Gasteiger partial charge on any atom is -0.339 e. The van der Waals surface area contributed by atoms with Crippen LogP contribution in [0.2, 0.25) is 0 Å². The fourth-order valence-corrected chi connectivity index (χ4v) is 2.40. The van der Waals surface area contributed by atoms with E-state index >= 15 is 0 Å². The third-order valence-corrected chi connectivity index (χ3v) is 3.55. The molecule has 2 unspecified atom stereocenters. The normalized spacial score (nSPS) is 14.4. The summed E-state index contributed by atoms with van der Waals surface area (Å²) in [5, 5.41) is 7.34. The van der Waals surface area contributed by atoms with E-state index in [1.54, 1.807) is 6.20 Å². The van der Waals surface area contributed by atoms with Crippen molar-refractivity contribution < 1.29 is 4.52 Å². The molecule has 0 saturated heterocycles. The molecule has 0 saturated carbocycles. The van der Waals surface area contributed by atoms with Crippen LogP contribution in [0.3, 0.4) is 0 Å². The Morgan fingerprint density at radius 3 is 2.65 bits per heavy atom. The van der Waals surface area contributed by atoms with E-state index in [0.717, 1.165) is 5.69 Å². The molecule has 0 aliphatic heterocycles. The molecule has 0 bridgehead atoms. The number of pyridine rings is 1. The highest BCUT2D eigenvalue weighted by molar-refractivity contribution is 5.10. The summed E-state index contributed by atoms with van der Waals surface area (Å²) in [6, 6.07) is 6.11. The van der Waals surface area contributed by atoms with Gasteiger partial charge in [0.15, 0.2) is 5.82 Å². The van der Waals surface area contributed by atoms with Crippen molar-refractivity contribution in [1.29, 1.82) is 0 Å². The van der Waals surface area contributed by atoms with Crippen LogP contribution < -0.4 is 5.32 Å². The molecule has 1 N–H and O–H groups in total. The van der Waals surface area contributed by atoms with Gasteiger partial charge in [0.1, 0.15) is 0 Å². The van der Waals surface area contributed by atoms with Crippen LogP contribution in [0.25, 0.3) is 0 Å². The third kappa shape index (κ3) is 3.42. The first-order valence-corrected chi connectivity index (χ1v) is 7.01. The Morgan fingerprint density at radius 2 is 2.05 bits per heavy atom. The summed E-state index contributed by atoms with van der Waals surface area (Å²) in [7, 11) is 1.95. The van der Waals surface area contributed by atoms with E-state index in [2.05, 4.69) is 41.2 Å². The second kappa shape index (κ2) is 6.61. The van der Waals surface area contributed by atoms with E-state index in [-0.39, 0.29) is 12.0 Å². The maximum atomic E-state index is 5.45. The van der Waals surface area contributed by atoms with Gasteiger partial charge < -0.3 is 9.84 Å². The van der Waals surface area contributed by atoms with Crippen LogP contribution in [-0.2, 0) is 6.42 Å². The van der Waals surface area contributed by atoms with Crippen molar-refractivity contribution in [3.63, 3.8) is 0 Å². The van der Waals surface area contributed by atoms with Crippen LogP contribution in [0.4, 0.5) is 0 Å². The Labute approximate surface area is 119 Å².